The second-order valence-electron chi connectivity index (χ2n) is 4.14. The third kappa shape index (κ3) is 2.91. The summed E-state index contributed by atoms with van der Waals surface area (Å²) in [7, 11) is 0. The summed E-state index contributed by atoms with van der Waals surface area (Å²) in [5, 5.41) is 23.7. The predicted molar refractivity (Wildman–Crippen MR) is 90.0 cm³/mol. The number of nitrogens with zero attached hydrogens (tertiary/aromatic N) is 2. The quantitative estimate of drug-likeness (QED) is 0.746. The lowest BCUT2D eigenvalue weighted by molar-refractivity contribution is 1.47. The van der Waals surface area contributed by atoms with Crippen LogP contribution in [-0.2, 0) is 0 Å². The van der Waals surface area contributed by atoms with Crippen molar-refractivity contribution in [2.24, 2.45) is 0 Å². The topological polar surface area (TPSA) is 47.6 Å². The lowest BCUT2D eigenvalue weighted by Crippen LogP contribution is -2.02. The van der Waals surface area contributed by atoms with Crippen LogP contribution in [0, 0.1) is 32.4 Å². The molecule has 0 atom stereocenters. The van der Waals surface area contributed by atoms with Gasteiger partial charge in [0.2, 0.25) is 0 Å². The van der Waals surface area contributed by atoms with Crippen LogP contribution >= 0.6 is 34.9 Å². The van der Waals surface area contributed by atoms with E-state index in [9.17, 15) is 0 Å². The van der Waals surface area contributed by atoms with Crippen molar-refractivity contribution in [3.8, 4) is 12.1 Å². The standard InChI is InChI=1S/C16H8N2S3/c17-9-13(10-18)11-1-3-12(4-2-11)14-5-6-15(21-14)16-19-7-8-20-16/h1-8H. The van der Waals surface area contributed by atoms with E-state index in [1.165, 1.54) is 13.3 Å². The molecular weight excluding hydrogens is 316 g/mol. The average molecular weight is 324 g/mol. The minimum Gasteiger partial charge on any atom is -0.192 e. The molecule has 0 N–H and O–H groups in total. The number of nitriles is 2. The Morgan fingerprint density at radius 2 is 1.43 bits per heavy atom. The monoisotopic (exact) mass is 324 g/mol. The number of thioether (sulfide) groups is 2. The van der Waals surface area contributed by atoms with Crippen LogP contribution in [0.15, 0.2) is 47.2 Å². The smallest absolute Gasteiger partial charge is 0.136 e. The molecule has 100 valence electrons. The van der Waals surface area contributed by atoms with Crippen molar-refractivity contribution < 1.29 is 0 Å². The molecule has 1 aromatic carbocycles. The fourth-order valence-corrected chi connectivity index (χ4v) is 4.88. The van der Waals surface area contributed by atoms with E-state index in [1.54, 1.807) is 34.9 Å². The third-order valence-corrected chi connectivity index (χ3v) is 6.47. The largest absolute Gasteiger partial charge is 0.192 e. The molecule has 0 saturated carbocycles. The molecule has 3 rings (SSSR count). The summed E-state index contributed by atoms with van der Waals surface area (Å²) < 4.78 is 3.77. The van der Waals surface area contributed by atoms with Gasteiger partial charge in [-0.25, -0.2) is 0 Å². The Morgan fingerprint density at radius 1 is 0.810 bits per heavy atom. The van der Waals surface area contributed by atoms with Gasteiger partial charge in [0.05, 0.1) is 4.24 Å². The summed E-state index contributed by atoms with van der Waals surface area (Å²) in [6.07, 6.45) is 0. The van der Waals surface area contributed by atoms with Gasteiger partial charge in [-0.05, 0) is 28.2 Å². The molecule has 2 heterocycles. The Morgan fingerprint density at radius 3 is 2.05 bits per heavy atom. The van der Waals surface area contributed by atoms with Crippen molar-refractivity contribution >= 4 is 44.7 Å². The molecule has 1 aliphatic rings. The van der Waals surface area contributed by atoms with E-state index >= 15 is 0 Å². The highest BCUT2D eigenvalue weighted by Crippen LogP contribution is 2.38. The van der Waals surface area contributed by atoms with E-state index in [4.69, 9.17) is 10.5 Å². The van der Waals surface area contributed by atoms with E-state index in [-0.39, 0.29) is 5.57 Å². The van der Waals surface area contributed by atoms with Crippen molar-refractivity contribution in [1.82, 2.24) is 0 Å². The Labute approximate surface area is 134 Å². The molecule has 0 aliphatic carbocycles. The van der Waals surface area contributed by atoms with Crippen molar-refractivity contribution in [2.75, 3.05) is 0 Å². The van der Waals surface area contributed by atoms with Crippen LogP contribution in [0.25, 0.3) is 9.81 Å². The number of rotatable bonds is 0. The third-order valence-electron chi connectivity index (χ3n) is 2.89. The van der Waals surface area contributed by atoms with E-state index in [2.05, 4.69) is 22.9 Å². The SMILES string of the molecule is N#CC(C#N)=c1ccc(=c2ccc(=C3SC=CS3)s2)cc1. The predicted octanol–water partition coefficient (Wildman–Crippen LogP) is 3.25. The average Bonchev–Trinajstić information content (AvgIpc) is 3.20. The zero-order valence-corrected chi connectivity index (χ0v) is 13.2. The van der Waals surface area contributed by atoms with Crippen LogP contribution < -0.4 is 9.75 Å². The Balaban J connectivity index is 2.18. The fourth-order valence-electron chi connectivity index (χ4n) is 1.88. The number of hydrogen-bond acceptors (Lipinski definition) is 5. The van der Waals surface area contributed by atoms with E-state index in [0.29, 0.717) is 5.22 Å². The van der Waals surface area contributed by atoms with Crippen LogP contribution in [-0.4, -0.2) is 0 Å². The maximum absolute atomic E-state index is 8.87. The molecule has 1 aromatic heterocycles. The van der Waals surface area contributed by atoms with E-state index in [0.717, 1.165) is 5.22 Å². The maximum Gasteiger partial charge on any atom is 0.136 e. The Bertz CT molecular complexity index is 968. The van der Waals surface area contributed by atoms with Crippen molar-refractivity contribution in [1.29, 1.82) is 10.5 Å². The molecule has 0 amide bonds. The van der Waals surface area contributed by atoms with Gasteiger partial charge in [-0.15, -0.1) is 11.3 Å². The number of hydrogen-bond donors (Lipinski definition) is 0. The lowest BCUT2D eigenvalue weighted by Gasteiger charge is -1.88. The summed E-state index contributed by atoms with van der Waals surface area (Å²) in [6.45, 7) is 0. The van der Waals surface area contributed by atoms with Crippen LogP contribution in [0.1, 0.15) is 0 Å². The molecule has 0 saturated heterocycles. The molecule has 21 heavy (non-hydrogen) atoms. The first-order valence-corrected chi connectivity index (χ1v) is 8.63. The van der Waals surface area contributed by atoms with Crippen LogP contribution in [0.5, 0.6) is 0 Å². The molecular formula is C16H8N2S3. The van der Waals surface area contributed by atoms with Gasteiger partial charge in [0, 0.05) is 14.3 Å². The highest BCUT2D eigenvalue weighted by Gasteiger charge is 2.03. The summed E-state index contributed by atoms with van der Waals surface area (Å²) in [4.78, 5) is 0. The molecule has 2 aromatic rings. The normalized spacial score (nSPS) is 13.0. The fraction of sp³-hybridized carbons (Fsp3) is 0. The second kappa shape index (κ2) is 6.24. The molecule has 0 radical (unpaired) electrons. The molecule has 5 heteroatoms. The van der Waals surface area contributed by atoms with E-state index < -0.39 is 0 Å². The van der Waals surface area contributed by atoms with Crippen molar-refractivity contribution in [2.45, 2.75) is 0 Å². The minimum absolute atomic E-state index is 0.147. The van der Waals surface area contributed by atoms with Crippen LogP contribution in [0.3, 0.4) is 0 Å². The molecule has 0 fully saturated rings. The first kappa shape index (κ1) is 14.0. The van der Waals surface area contributed by atoms with Gasteiger partial charge in [-0.2, -0.15) is 10.5 Å². The van der Waals surface area contributed by atoms with Gasteiger partial charge in [-0.3, -0.25) is 0 Å². The molecule has 0 bridgehead atoms. The second-order valence-corrected chi connectivity index (χ2v) is 7.31. The van der Waals surface area contributed by atoms with Crippen molar-refractivity contribution in [3.63, 3.8) is 0 Å². The highest BCUT2D eigenvalue weighted by molar-refractivity contribution is 8.34. The molecule has 2 nitrogen and oxygen atoms in total. The zero-order chi connectivity index (χ0) is 14.7. The zero-order valence-electron chi connectivity index (χ0n) is 10.7. The molecule has 1 aliphatic heterocycles. The Kier molecular flexibility index (Phi) is 4.17. The summed E-state index contributed by atoms with van der Waals surface area (Å²) in [5.74, 6) is 0. The van der Waals surface area contributed by atoms with E-state index in [1.807, 2.05) is 36.4 Å². The first-order valence-electron chi connectivity index (χ1n) is 6.05. The van der Waals surface area contributed by atoms with Crippen LogP contribution in [0.2, 0.25) is 0 Å². The van der Waals surface area contributed by atoms with Gasteiger partial charge in [0.25, 0.3) is 0 Å². The van der Waals surface area contributed by atoms with Crippen LogP contribution in [0.4, 0.5) is 0 Å². The first-order chi connectivity index (χ1) is 10.3. The lowest BCUT2D eigenvalue weighted by atomic mass is 10.2. The minimum atomic E-state index is 0.147. The van der Waals surface area contributed by atoms with Gasteiger partial charge in [0.15, 0.2) is 0 Å². The van der Waals surface area contributed by atoms with Crippen molar-refractivity contribution in [3.05, 3.63) is 66.7 Å². The van der Waals surface area contributed by atoms with Gasteiger partial charge in [-0.1, -0.05) is 47.8 Å². The number of benzene rings is 1. The molecule has 0 spiro atoms. The van der Waals surface area contributed by atoms with Gasteiger partial charge >= 0.3 is 0 Å². The maximum atomic E-state index is 8.87. The summed E-state index contributed by atoms with van der Waals surface area (Å²) in [5.41, 5.74) is 0.147. The highest BCUT2D eigenvalue weighted by atomic mass is 32.2. The molecule has 0 unspecified atom stereocenters. The Hall–Kier alpha value is -1.92. The summed E-state index contributed by atoms with van der Waals surface area (Å²) >= 11 is 5.25. The van der Waals surface area contributed by atoms with Gasteiger partial charge in [0.1, 0.15) is 17.7 Å². The number of thiophene rings is 1. The van der Waals surface area contributed by atoms with Gasteiger partial charge < -0.3 is 0 Å². The summed E-state index contributed by atoms with van der Waals surface area (Å²) in [6, 6.07) is 15.6.